The number of hydrogen-bond acceptors (Lipinski definition) is 4. The predicted molar refractivity (Wildman–Crippen MR) is 211 cm³/mol. The molecule has 7 rings (SSSR count). The van der Waals surface area contributed by atoms with Crippen molar-refractivity contribution in [2.24, 2.45) is 11.3 Å². The number of aliphatic carboxylic acids is 1. The van der Waals surface area contributed by atoms with E-state index in [1.54, 1.807) is 18.2 Å². The van der Waals surface area contributed by atoms with Gasteiger partial charge in [-0.05, 0) is 107 Å². The Bertz CT molecular complexity index is 2100. The lowest BCUT2D eigenvalue weighted by Crippen LogP contribution is -2.50. The maximum absolute atomic E-state index is 11.0. The molecule has 0 bridgehead atoms. The summed E-state index contributed by atoms with van der Waals surface area (Å²) in [5.74, 6) is 2.47. The molecule has 1 heterocycles. The fourth-order valence-electron chi connectivity index (χ4n) is 9.29. The normalized spacial score (nSPS) is 21.3. The first-order valence-corrected chi connectivity index (χ1v) is 19.0. The van der Waals surface area contributed by atoms with Crippen molar-refractivity contribution >= 4 is 29.2 Å². The minimum atomic E-state index is -0.821. The van der Waals surface area contributed by atoms with Gasteiger partial charge in [-0.3, -0.25) is 4.79 Å². The summed E-state index contributed by atoms with van der Waals surface area (Å²) in [6.07, 6.45) is 10.7. The van der Waals surface area contributed by atoms with Crippen LogP contribution in [0.1, 0.15) is 100.0 Å². The number of aryl methyl sites for hydroxylation is 1. The van der Waals surface area contributed by atoms with Gasteiger partial charge in [0.1, 0.15) is 17.3 Å². The zero-order chi connectivity index (χ0) is 36.5. The molecule has 2 aliphatic rings. The van der Waals surface area contributed by atoms with Gasteiger partial charge in [-0.15, -0.1) is 0 Å². The number of rotatable bonds is 12. The Kier molecular flexibility index (Phi) is 10.0. The Morgan fingerprint density at radius 1 is 0.981 bits per heavy atom. The Hall–Kier alpha value is -4.84. The standard InChI is InChI=1S/C46H52N2O4/c1-31(2)34-17-21-38-35(28-34)18-23-42-45(3,24-10-25-46(38,42)4)30-48-40-22-16-33(15-14-32-11-7-6-8-12-32)27-39(40)47-44(48)37-20-19-36(29-41(37)51-5)52-26-9-13-43(49)50/h6-8,11-12,14-17,19-22,27-29,31,42H,9-10,13,18,23-26,30H2,1-5H3,(H,49,50)/b15-14+/t42-,45-,46+/m0/s1. The second-order valence-corrected chi connectivity index (χ2v) is 15.8. The van der Waals surface area contributed by atoms with E-state index in [9.17, 15) is 4.79 Å². The first-order chi connectivity index (χ1) is 25.1. The van der Waals surface area contributed by atoms with Crippen LogP contribution in [0.25, 0.3) is 34.6 Å². The van der Waals surface area contributed by atoms with E-state index < -0.39 is 5.97 Å². The molecule has 0 spiro atoms. The van der Waals surface area contributed by atoms with Crippen LogP contribution in [0.5, 0.6) is 11.5 Å². The molecule has 0 amide bonds. The molecule has 0 radical (unpaired) electrons. The van der Waals surface area contributed by atoms with Gasteiger partial charge in [-0.2, -0.15) is 0 Å². The zero-order valence-corrected chi connectivity index (χ0v) is 31.3. The summed E-state index contributed by atoms with van der Waals surface area (Å²) in [7, 11) is 1.69. The quantitative estimate of drug-likeness (QED) is 0.104. The minimum Gasteiger partial charge on any atom is -0.496 e. The predicted octanol–water partition coefficient (Wildman–Crippen LogP) is 11.0. The highest BCUT2D eigenvalue weighted by atomic mass is 16.5. The maximum atomic E-state index is 11.0. The van der Waals surface area contributed by atoms with E-state index in [-0.39, 0.29) is 17.3 Å². The third-order valence-corrected chi connectivity index (χ3v) is 11.9. The van der Waals surface area contributed by atoms with Crippen LogP contribution in [0, 0.1) is 11.3 Å². The van der Waals surface area contributed by atoms with Crippen LogP contribution in [0.4, 0.5) is 0 Å². The summed E-state index contributed by atoms with van der Waals surface area (Å²) < 4.78 is 14.4. The molecule has 0 aliphatic heterocycles. The van der Waals surface area contributed by atoms with Gasteiger partial charge in [0.15, 0.2) is 0 Å². The van der Waals surface area contributed by atoms with E-state index >= 15 is 0 Å². The molecular weight excluding hydrogens is 645 g/mol. The summed E-state index contributed by atoms with van der Waals surface area (Å²) in [5.41, 5.74) is 9.98. The number of aromatic nitrogens is 2. The number of carbonyl (C=O) groups is 1. The van der Waals surface area contributed by atoms with Gasteiger partial charge in [-0.25, -0.2) is 4.98 Å². The Morgan fingerprint density at radius 3 is 2.56 bits per heavy atom. The van der Waals surface area contributed by atoms with E-state index in [1.165, 1.54) is 31.2 Å². The third kappa shape index (κ3) is 7.00. The lowest BCUT2D eigenvalue weighted by molar-refractivity contribution is -0.137. The summed E-state index contributed by atoms with van der Waals surface area (Å²) in [5, 5.41) is 9.04. The zero-order valence-electron chi connectivity index (χ0n) is 31.3. The molecule has 270 valence electrons. The Labute approximate surface area is 308 Å². The molecule has 5 aromatic rings. The number of hydrogen-bond donors (Lipinski definition) is 1. The summed E-state index contributed by atoms with van der Waals surface area (Å²) in [4.78, 5) is 16.4. The highest BCUT2D eigenvalue weighted by Gasteiger charge is 2.52. The van der Waals surface area contributed by atoms with E-state index in [0.717, 1.165) is 46.5 Å². The SMILES string of the molecule is COc1cc(OCCCC(=O)O)ccc1-c1nc2cc(/C=C/c3ccccc3)ccc2n1C[C@]1(C)CCC[C@]2(C)c3ccc(C(C)C)cc3CC[C@@H]12. The van der Waals surface area contributed by atoms with Gasteiger partial charge in [-0.1, -0.05) is 101 Å². The molecule has 6 nitrogen and oxygen atoms in total. The van der Waals surface area contributed by atoms with Gasteiger partial charge in [0, 0.05) is 19.0 Å². The molecule has 1 N–H and O–H groups in total. The van der Waals surface area contributed by atoms with E-state index in [2.05, 4.69) is 105 Å². The molecule has 6 heteroatoms. The summed E-state index contributed by atoms with van der Waals surface area (Å²) in [6, 6.07) is 30.2. The summed E-state index contributed by atoms with van der Waals surface area (Å²) >= 11 is 0. The number of ether oxygens (including phenoxy) is 2. The maximum Gasteiger partial charge on any atom is 0.303 e. The number of methoxy groups -OCH3 is 1. The lowest BCUT2D eigenvalue weighted by Gasteiger charge is -2.56. The summed E-state index contributed by atoms with van der Waals surface area (Å²) in [6.45, 7) is 10.8. The minimum absolute atomic E-state index is 0.0517. The third-order valence-electron chi connectivity index (χ3n) is 11.9. The van der Waals surface area contributed by atoms with Crippen LogP contribution in [0.2, 0.25) is 0 Å². The number of fused-ring (bicyclic) bond motifs is 4. The highest BCUT2D eigenvalue weighted by molar-refractivity contribution is 5.85. The van der Waals surface area contributed by atoms with Crippen LogP contribution in [-0.2, 0) is 23.2 Å². The smallest absolute Gasteiger partial charge is 0.303 e. The number of carboxylic acids is 1. The average Bonchev–Trinajstić information content (AvgIpc) is 3.48. The highest BCUT2D eigenvalue weighted by Crippen LogP contribution is 2.58. The number of imidazole rings is 1. The van der Waals surface area contributed by atoms with Gasteiger partial charge >= 0.3 is 5.97 Å². The largest absolute Gasteiger partial charge is 0.496 e. The van der Waals surface area contributed by atoms with Gasteiger partial charge in [0.05, 0.1) is 30.3 Å². The van der Waals surface area contributed by atoms with E-state index in [4.69, 9.17) is 19.6 Å². The number of benzene rings is 4. The van der Waals surface area contributed by atoms with E-state index in [1.807, 2.05) is 24.3 Å². The molecule has 1 fully saturated rings. The molecular formula is C46H52N2O4. The molecule has 3 atom stereocenters. The molecule has 52 heavy (non-hydrogen) atoms. The van der Waals surface area contributed by atoms with Gasteiger partial charge < -0.3 is 19.1 Å². The van der Waals surface area contributed by atoms with Crippen LogP contribution in [0.15, 0.2) is 84.9 Å². The van der Waals surface area contributed by atoms with Crippen LogP contribution in [-0.4, -0.2) is 34.3 Å². The number of nitrogens with zero attached hydrogens (tertiary/aromatic N) is 2. The van der Waals surface area contributed by atoms with Crippen molar-refractivity contribution in [3.63, 3.8) is 0 Å². The first kappa shape index (κ1) is 35.6. The van der Waals surface area contributed by atoms with Crippen molar-refractivity contribution < 1.29 is 19.4 Å². The fourth-order valence-corrected chi connectivity index (χ4v) is 9.29. The van der Waals surface area contributed by atoms with Crippen molar-refractivity contribution in [3.05, 3.63) is 113 Å². The van der Waals surface area contributed by atoms with Gasteiger partial charge in [0.25, 0.3) is 0 Å². The van der Waals surface area contributed by atoms with Gasteiger partial charge in [0.2, 0.25) is 0 Å². The molecule has 1 aromatic heterocycles. The van der Waals surface area contributed by atoms with Crippen LogP contribution < -0.4 is 9.47 Å². The Morgan fingerprint density at radius 2 is 1.79 bits per heavy atom. The van der Waals surface area contributed by atoms with Crippen LogP contribution >= 0.6 is 0 Å². The van der Waals surface area contributed by atoms with Crippen molar-refractivity contribution in [2.75, 3.05) is 13.7 Å². The van der Waals surface area contributed by atoms with Crippen molar-refractivity contribution in [3.8, 4) is 22.9 Å². The molecule has 4 aromatic carbocycles. The van der Waals surface area contributed by atoms with Crippen molar-refractivity contribution in [2.45, 2.75) is 90.5 Å². The lowest BCUT2D eigenvalue weighted by atomic mass is 9.49. The van der Waals surface area contributed by atoms with E-state index in [0.29, 0.717) is 36.4 Å². The molecule has 0 saturated heterocycles. The van der Waals surface area contributed by atoms with Crippen LogP contribution in [0.3, 0.4) is 0 Å². The number of carboxylic acid groups (broad SMARTS) is 1. The molecule has 0 unspecified atom stereocenters. The first-order valence-electron chi connectivity index (χ1n) is 19.0. The van der Waals surface area contributed by atoms with Crippen molar-refractivity contribution in [1.29, 1.82) is 0 Å². The average molecular weight is 697 g/mol. The molecule has 1 saturated carbocycles. The Balaban J connectivity index is 1.28. The topological polar surface area (TPSA) is 73.6 Å². The second-order valence-electron chi connectivity index (χ2n) is 15.8. The monoisotopic (exact) mass is 696 g/mol. The van der Waals surface area contributed by atoms with Crippen molar-refractivity contribution in [1.82, 2.24) is 9.55 Å². The second kappa shape index (κ2) is 14.7. The molecule has 2 aliphatic carbocycles. The fraction of sp³-hybridized carbons (Fsp3) is 0.391.